The number of hydrogen-bond acceptors (Lipinski definition) is 5. The third-order valence-electron chi connectivity index (χ3n) is 4.04. The van der Waals surface area contributed by atoms with Gasteiger partial charge in [-0.25, -0.2) is 9.98 Å². The van der Waals surface area contributed by atoms with Crippen molar-refractivity contribution in [2.24, 2.45) is 4.99 Å². The first-order chi connectivity index (χ1) is 10.4. The van der Waals surface area contributed by atoms with Crippen molar-refractivity contribution in [1.82, 2.24) is 4.98 Å². The fourth-order valence-electron chi connectivity index (χ4n) is 2.35. The van der Waals surface area contributed by atoms with Crippen LogP contribution in [-0.4, -0.2) is 29.0 Å². The van der Waals surface area contributed by atoms with Crippen LogP contribution in [0.15, 0.2) is 22.2 Å². The molecule has 0 aromatic carbocycles. The molecule has 0 amide bonds. The van der Waals surface area contributed by atoms with Crippen molar-refractivity contribution in [1.29, 1.82) is 0 Å². The molecule has 0 unspecified atom stereocenters. The molecule has 0 spiro atoms. The lowest BCUT2D eigenvalue weighted by atomic mass is 9.83. The summed E-state index contributed by atoms with van der Waals surface area (Å²) in [5.41, 5.74) is 2.30. The van der Waals surface area contributed by atoms with Crippen molar-refractivity contribution < 1.29 is 9.53 Å². The van der Waals surface area contributed by atoms with Crippen molar-refractivity contribution in [2.75, 3.05) is 12.4 Å². The largest absolute Gasteiger partial charge is 0.466 e. The molecule has 1 aliphatic heterocycles. The van der Waals surface area contributed by atoms with E-state index in [0.29, 0.717) is 13.0 Å². The van der Waals surface area contributed by atoms with Gasteiger partial charge in [0.25, 0.3) is 0 Å². The zero-order valence-corrected chi connectivity index (χ0v) is 14.6. The van der Waals surface area contributed by atoms with E-state index in [2.05, 4.69) is 36.8 Å². The van der Waals surface area contributed by atoms with Gasteiger partial charge in [0.2, 0.25) is 0 Å². The number of thioether (sulfide) groups is 1. The highest BCUT2D eigenvalue weighted by molar-refractivity contribution is 7.99. The smallest absolute Gasteiger partial charge is 0.305 e. The SMILES string of the molecule is CCOC(=O)CCCCSc1cnc2c(c1)C(C)(C)C(C)=N2. The fourth-order valence-corrected chi connectivity index (χ4v) is 3.27. The lowest BCUT2D eigenvalue weighted by Crippen LogP contribution is -2.22. The summed E-state index contributed by atoms with van der Waals surface area (Å²) in [5, 5.41) is 0. The molecule has 0 saturated heterocycles. The van der Waals surface area contributed by atoms with Crippen molar-refractivity contribution in [3.63, 3.8) is 0 Å². The lowest BCUT2D eigenvalue weighted by molar-refractivity contribution is -0.143. The molecule has 0 aliphatic carbocycles. The second kappa shape index (κ2) is 7.27. The third-order valence-corrected chi connectivity index (χ3v) is 5.09. The molecule has 0 atom stereocenters. The van der Waals surface area contributed by atoms with Gasteiger partial charge in [-0.15, -0.1) is 11.8 Å². The summed E-state index contributed by atoms with van der Waals surface area (Å²) in [7, 11) is 0. The average molecular weight is 320 g/mol. The number of carbonyl (C=O) groups is 1. The maximum absolute atomic E-state index is 11.3. The quantitative estimate of drug-likeness (QED) is 0.427. The second-order valence-corrected chi connectivity index (χ2v) is 7.14. The zero-order valence-electron chi connectivity index (χ0n) is 13.8. The number of esters is 1. The predicted octanol–water partition coefficient (Wildman–Crippen LogP) is 4.29. The van der Waals surface area contributed by atoms with Crippen LogP contribution < -0.4 is 0 Å². The van der Waals surface area contributed by atoms with Gasteiger partial charge in [0.1, 0.15) is 0 Å². The van der Waals surface area contributed by atoms with Gasteiger partial charge >= 0.3 is 5.97 Å². The number of hydrogen-bond donors (Lipinski definition) is 0. The van der Waals surface area contributed by atoms with Crippen LogP contribution in [-0.2, 0) is 14.9 Å². The molecule has 5 heteroatoms. The molecule has 0 bridgehead atoms. The van der Waals surface area contributed by atoms with Crippen LogP contribution in [0.1, 0.15) is 52.5 Å². The van der Waals surface area contributed by atoms with E-state index >= 15 is 0 Å². The van der Waals surface area contributed by atoms with Gasteiger partial charge in [-0.05, 0) is 38.5 Å². The molecular weight excluding hydrogens is 296 g/mol. The van der Waals surface area contributed by atoms with Crippen LogP contribution in [0.4, 0.5) is 5.82 Å². The van der Waals surface area contributed by atoms with Crippen LogP contribution in [0.5, 0.6) is 0 Å². The Hall–Kier alpha value is -1.36. The van der Waals surface area contributed by atoms with Gasteiger partial charge in [0.05, 0.1) is 6.61 Å². The minimum Gasteiger partial charge on any atom is -0.466 e. The highest BCUT2D eigenvalue weighted by Gasteiger charge is 2.33. The Labute approximate surface area is 136 Å². The topological polar surface area (TPSA) is 51.5 Å². The molecule has 120 valence electrons. The Balaban J connectivity index is 1.82. The van der Waals surface area contributed by atoms with E-state index in [-0.39, 0.29) is 11.4 Å². The highest BCUT2D eigenvalue weighted by Crippen LogP contribution is 2.40. The van der Waals surface area contributed by atoms with E-state index in [9.17, 15) is 4.79 Å². The number of ether oxygens (including phenoxy) is 1. The summed E-state index contributed by atoms with van der Waals surface area (Å²) in [6, 6.07) is 2.21. The van der Waals surface area contributed by atoms with E-state index < -0.39 is 0 Å². The van der Waals surface area contributed by atoms with Crippen LogP contribution in [0.3, 0.4) is 0 Å². The Morgan fingerprint density at radius 2 is 2.14 bits per heavy atom. The molecule has 2 heterocycles. The first kappa shape index (κ1) is 17.0. The van der Waals surface area contributed by atoms with Gasteiger partial charge in [-0.2, -0.15) is 0 Å². The van der Waals surface area contributed by atoms with Crippen molar-refractivity contribution in [3.05, 3.63) is 17.8 Å². The van der Waals surface area contributed by atoms with Crippen molar-refractivity contribution >= 4 is 29.3 Å². The number of aromatic nitrogens is 1. The number of fused-ring (bicyclic) bond motifs is 1. The van der Waals surface area contributed by atoms with Gasteiger partial charge in [0.15, 0.2) is 5.82 Å². The van der Waals surface area contributed by atoms with E-state index in [4.69, 9.17) is 4.74 Å². The number of carbonyl (C=O) groups excluding carboxylic acids is 1. The van der Waals surface area contributed by atoms with Crippen LogP contribution >= 0.6 is 11.8 Å². The van der Waals surface area contributed by atoms with E-state index in [0.717, 1.165) is 30.1 Å². The molecule has 0 radical (unpaired) electrons. The van der Waals surface area contributed by atoms with Crippen molar-refractivity contribution in [3.8, 4) is 0 Å². The summed E-state index contributed by atoms with van der Waals surface area (Å²) in [4.78, 5) is 21.4. The molecule has 0 saturated carbocycles. The molecule has 4 nitrogen and oxygen atoms in total. The number of unbranched alkanes of at least 4 members (excludes halogenated alkanes) is 1. The van der Waals surface area contributed by atoms with Crippen LogP contribution in [0, 0.1) is 0 Å². The van der Waals surface area contributed by atoms with E-state index in [1.165, 1.54) is 10.5 Å². The Kier molecular flexibility index (Phi) is 5.62. The average Bonchev–Trinajstić information content (AvgIpc) is 2.69. The minimum absolute atomic E-state index is 0.0250. The molecule has 1 aliphatic rings. The second-order valence-electron chi connectivity index (χ2n) is 5.97. The zero-order chi connectivity index (χ0) is 16.2. The Morgan fingerprint density at radius 3 is 2.86 bits per heavy atom. The van der Waals surface area contributed by atoms with E-state index in [1.807, 2.05) is 13.1 Å². The number of pyridine rings is 1. The first-order valence-electron chi connectivity index (χ1n) is 7.80. The minimum atomic E-state index is -0.0962. The first-order valence-corrected chi connectivity index (χ1v) is 8.78. The molecular formula is C17H24N2O2S. The Bertz CT molecular complexity index is 582. The summed E-state index contributed by atoms with van der Waals surface area (Å²) in [6.07, 6.45) is 4.28. The molecule has 0 N–H and O–H groups in total. The molecule has 22 heavy (non-hydrogen) atoms. The lowest BCUT2D eigenvalue weighted by Gasteiger charge is -2.19. The summed E-state index contributed by atoms with van der Waals surface area (Å²) >= 11 is 1.79. The third kappa shape index (κ3) is 3.88. The van der Waals surface area contributed by atoms with E-state index in [1.54, 1.807) is 11.8 Å². The highest BCUT2D eigenvalue weighted by atomic mass is 32.2. The molecule has 1 aromatic heterocycles. The molecule has 2 rings (SSSR count). The standard InChI is InChI=1S/C17H24N2O2S/c1-5-21-15(20)8-6-7-9-22-13-10-14-16(18-11-13)19-12(2)17(14,3)4/h10-11H,5-9H2,1-4H3. The summed E-state index contributed by atoms with van der Waals surface area (Å²) in [5.74, 6) is 1.75. The van der Waals surface area contributed by atoms with Gasteiger partial charge in [-0.1, -0.05) is 13.8 Å². The van der Waals surface area contributed by atoms with Crippen molar-refractivity contribution in [2.45, 2.75) is 57.3 Å². The summed E-state index contributed by atoms with van der Waals surface area (Å²) < 4.78 is 4.92. The van der Waals surface area contributed by atoms with Crippen LogP contribution in [0.25, 0.3) is 0 Å². The number of rotatable bonds is 7. The number of aliphatic imine (C=N–C) groups is 1. The van der Waals surface area contributed by atoms with Gasteiger partial charge in [-0.3, -0.25) is 4.79 Å². The van der Waals surface area contributed by atoms with Gasteiger partial charge in [0, 0.05) is 34.2 Å². The molecule has 1 aromatic rings. The monoisotopic (exact) mass is 320 g/mol. The summed E-state index contributed by atoms with van der Waals surface area (Å²) in [6.45, 7) is 8.73. The van der Waals surface area contributed by atoms with Gasteiger partial charge < -0.3 is 4.74 Å². The number of nitrogens with zero attached hydrogens (tertiary/aromatic N) is 2. The normalized spacial score (nSPS) is 15.4. The molecule has 0 fully saturated rings. The Morgan fingerprint density at radius 1 is 1.36 bits per heavy atom. The fraction of sp³-hybridized carbons (Fsp3) is 0.588. The predicted molar refractivity (Wildman–Crippen MR) is 91.2 cm³/mol. The maximum Gasteiger partial charge on any atom is 0.305 e. The van der Waals surface area contributed by atoms with Crippen LogP contribution in [0.2, 0.25) is 0 Å². The maximum atomic E-state index is 11.3.